The molecule has 2 atom stereocenters. The van der Waals surface area contributed by atoms with E-state index in [0.717, 1.165) is 31.4 Å². The molecule has 0 radical (unpaired) electrons. The SMILES string of the molecule is C[C@H]1CCN[C@H](c2ccc(F)c(F)c2)CC1. The average molecular weight is 225 g/mol. The number of nitrogens with one attached hydrogen (secondary N) is 1. The molecule has 1 heterocycles. The Bertz CT molecular complexity index is 365. The Labute approximate surface area is 94.9 Å². The van der Waals surface area contributed by atoms with E-state index >= 15 is 0 Å². The lowest BCUT2D eigenvalue weighted by Crippen LogP contribution is -2.20. The van der Waals surface area contributed by atoms with E-state index in [4.69, 9.17) is 0 Å². The van der Waals surface area contributed by atoms with Crippen LogP contribution in [-0.2, 0) is 0 Å². The van der Waals surface area contributed by atoms with Gasteiger partial charge in [0.15, 0.2) is 11.6 Å². The number of rotatable bonds is 1. The van der Waals surface area contributed by atoms with Crippen molar-refractivity contribution in [1.82, 2.24) is 5.32 Å². The summed E-state index contributed by atoms with van der Waals surface area (Å²) in [7, 11) is 0. The molecule has 0 aromatic heterocycles. The smallest absolute Gasteiger partial charge is 0.159 e. The molecule has 1 aliphatic heterocycles. The van der Waals surface area contributed by atoms with Gasteiger partial charge in [0.2, 0.25) is 0 Å². The fourth-order valence-electron chi connectivity index (χ4n) is 2.22. The highest BCUT2D eigenvalue weighted by Crippen LogP contribution is 2.26. The van der Waals surface area contributed by atoms with E-state index in [9.17, 15) is 8.78 Å². The van der Waals surface area contributed by atoms with Gasteiger partial charge in [0.05, 0.1) is 0 Å². The number of hydrogen-bond donors (Lipinski definition) is 1. The third-order valence-corrected chi connectivity index (χ3v) is 3.32. The highest BCUT2D eigenvalue weighted by molar-refractivity contribution is 5.21. The molecule has 0 bridgehead atoms. The fourth-order valence-corrected chi connectivity index (χ4v) is 2.22. The topological polar surface area (TPSA) is 12.0 Å². The minimum absolute atomic E-state index is 0.167. The molecule has 3 heteroatoms. The van der Waals surface area contributed by atoms with Crippen LogP contribution in [0, 0.1) is 17.6 Å². The first-order valence-electron chi connectivity index (χ1n) is 5.85. The van der Waals surface area contributed by atoms with E-state index in [-0.39, 0.29) is 6.04 Å². The normalized spacial score (nSPS) is 26.4. The summed E-state index contributed by atoms with van der Waals surface area (Å²) in [6.07, 6.45) is 3.28. The van der Waals surface area contributed by atoms with Crippen LogP contribution < -0.4 is 5.32 Å². The predicted octanol–water partition coefficient (Wildman–Crippen LogP) is 3.42. The van der Waals surface area contributed by atoms with Crippen molar-refractivity contribution in [3.05, 3.63) is 35.4 Å². The zero-order chi connectivity index (χ0) is 11.5. The fraction of sp³-hybridized carbons (Fsp3) is 0.538. The van der Waals surface area contributed by atoms with Crippen molar-refractivity contribution < 1.29 is 8.78 Å². The van der Waals surface area contributed by atoms with Crippen LogP contribution in [0.1, 0.15) is 37.8 Å². The third-order valence-electron chi connectivity index (χ3n) is 3.32. The number of hydrogen-bond acceptors (Lipinski definition) is 1. The molecule has 88 valence electrons. The van der Waals surface area contributed by atoms with E-state index < -0.39 is 11.6 Å². The molecule has 16 heavy (non-hydrogen) atoms. The van der Waals surface area contributed by atoms with Gasteiger partial charge in [0.1, 0.15) is 0 Å². The molecule has 1 aromatic rings. The highest BCUT2D eigenvalue weighted by atomic mass is 19.2. The summed E-state index contributed by atoms with van der Waals surface area (Å²) in [5.41, 5.74) is 0.855. The maximum atomic E-state index is 13.1. The van der Waals surface area contributed by atoms with E-state index in [1.54, 1.807) is 6.07 Å². The van der Waals surface area contributed by atoms with Crippen LogP contribution in [0.4, 0.5) is 8.78 Å². The molecule has 1 nitrogen and oxygen atoms in total. The molecule has 1 N–H and O–H groups in total. The zero-order valence-electron chi connectivity index (χ0n) is 9.47. The van der Waals surface area contributed by atoms with Gasteiger partial charge in [0, 0.05) is 6.04 Å². The van der Waals surface area contributed by atoms with Gasteiger partial charge in [-0.05, 0) is 49.4 Å². The summed E-state index contributed by atoms with van der Waals surface area (Å²) in [4.78, 5) is 0. The van der Waals surface area contributed by atoms with Crippen molar-refractivity contribution in [2.75, 3.05) is 6.54 Å². The first-order chi connectivity index (χ1) is 7.66. The lowest BCUT2D eigenvalue weighted by atomic mass is 9.98. The summed E-state index contributed by atoms with van der Waals surface area (Å²) in [6.45, 7) is 3.18. The first-order valence-corrected chi connectivity index (χ1v) is 5.85. The molecular formula is C13H17F2N. The van der Waals surface area contributed by atoms with Crippen molar-refractivity contribution in [3.63, 3.8) is 0 Å². The van der Waals surface area contributed by atoms with Crippen molar-refractivity contribution in [3.8, 4) is 0 Å². The Balaban J connectivity index is 2.13. The van der Waals surface area contributed by atoms with Crippen molar-refractivity contribution in [1.29, 1.82) is 0 Å². The van der Waals surface area contributed by atoms with Gasteiger partial charge in [0.25, 0.3) is 0 Å². The Kier molecular flexibility index (Phi) is 3.54. The van der Waals surface area contributed by atoms with Gasteiger partial charge < -0.3 is 5.32 Å². The Morgan fingerprint density at radius 2 is 1.94 bits per heavy atom. The third kappa shape index (κ3) is 2.59. The van der Waals surface area contributed by atoms with Crippen LogP contribution in [0.5, 0.6) is 0 Å². The molecule has 1 fully saturated rings. The van der Waals surface area contributed by atoms with Crippen LogP contribution in [0.15, 0.2) is 18.2 Å². The Morgan fingerprint density at radius 1 is 1.12 bits per heavy atom. The molecule has 1 saturated heterocycles. The average Bonchev–Trinajstić information content (AvgIpc) is 2.47. The van der Waals surface area contributed by atoms with Crippen molar-refractivity contribution >= 4 is 0 Å². The monoisotopic (exact) mass is 225 g/mol. The maximum absolute atomic E-state index is 13.1. The largest absolute Gasteiger partial charge is 0.310 e. The van der Waals surface area contributed by atoms with Gasteiger partial charge in [-0.15, -0.1) is 0 Å². The van der Waals surface area contributed by atoms with E-state index in [1.165, 1.54) is 12.1 Å². The van der Waals surface area contributed by atoms with Gasteiger partial charge in [-0.2, -0.15) is 0 Å². The number of benzene rings is 1. The van der Waals surface area contributed by atoms with Crippen LogP contribution >= 0.6 is 0 Å². The lowest BCUT2D eigenvalue weighted by molar-refractivity contribution is 0.487. The minimum atomic E-state index is -0.772. The quantitative estimate of drug-likeness (QED) is 0.772. The molecule has 0 aliphatic carbocycles. The molecule has 0 saturated carbocycles. The molecule has 1 aromatic carbocycles. The minimum Gasteiger partial charge on any atom is -0.310 e. The Morgan fingerprint density at radius 3 is 2.69 bits per heavy atom. The molecule has 0 spiro atoms. The summed E-state index contributed by atoms with van der Waals surface area (Å²) in [5, 5.41) is 3.39. The zero-order valence-corrected chi connectivity index (χ0v) is 9.47. The van der Waals surface area contributed by atoms with E-state index in [0.29, 0.717) is 5.92 Å². The van der Waals surface area contributed by atoms with Crippen LogP contribution in [-0.4, -0.2) is 6.54 Å². The number of halogens is 2. The highest BCUT2D eigenvalue weighted by Gasteiger charge is 2.18. The summed E-state index contributed by atoms with van der Waals surface area (Å²) in [5.74, 6) is -0.815. The van der Waals surface area contributed by atoms with Crippen LogP contribution in [0.2, 0.25) is 0 Å². The van der Waals surface area contributed by atoms with Crippen LogP contribution in [0.25, 0.3) is 0 Å². The van der Waals surface area contributed by atoms with Gasteiger partial charge in [-0.1, -0.05) is 13.0 Å². The van der Waals surface area contributed by atoms with Crippen molar-refractivity contribution in [2.24, 2.45) is 5.92 Å². The van der Waals surface area contributed by atoms with Gasteiger partial charge >= 0.3 is 0 Å². The van der Waals surface area contributed by atoms with Crippen molar-refractivity contribution in [2.45, 2.75) is 32.2 Å². The second-order valence-electron chi connectivity index (χ2n) is 4.65. The first kappa shape index (κ1) is 11.5. The predicted molar refractivity (Wildman–Crippen MR) is 60.1 cm³/mol. The standard InChI is InChI=1S/C13H17F2N/c1-9-2-5-13(16-7-6-9)10-3-4-11(14)12(15)8-10/h3-4,8-9,13,16H,2,5-7H2,1H3/t9-,13+/m1/s1. The molecular weight excluding hydrogens is 208 g/mol. The lowest BCUT2D eigenvalue weighted by Gasteiger charge is -2.16. The van der Waals surface area contributed by atoms with Crippen LogP contribution in [0.3, 0.4) is 0 Å². The second kappa shape index (κ2) is 4.91. The van der Waals surface area contributed by atoms with E-state index in [2.05, 4.69) is 12.2 Å². The van der Waals surface area contributed by atoms with Gasteiger partial charge in [-0.25, -0.2) is 8.78 Å². The molecule has 1 aliphatic rings. The Hall–Kier alpha value is -0.960. The molecule has 0 unspecified atom stereocenters. The summed E-state index contributed by atoms with van der Waals surface area (Å²) >= 11 is 0. The summed E-state index contributed by atoms with van der Waals surface area (Å²) in [6, 6.07) is 4.36. The summed E-state index contributed by atoms with van der Waals surface area (Å²) < 4.78 is 25.9. The second-order valence-corrected chi connectivity index (χ2v) is 4.65. The van der Waals surface area contributed by atoms with Gasteiger partial charge in [-0.3, -0.25) is 0 Å². The maximum Gasteiger partial charge on any atom is 0.159 e. The molecule has 2 rings (SSSR count). The van der Waals surface area contributed by atoms with E-state index in [1.807, 2.05) is 0 Å². The molecule has 0 amide bonds.